The molecule has 0 aliphatic rings. The maximum atomic E-state index is 13.0. The first kappa shape index (κ1) is 14.1. The van der Waals surface area contributed by atoms with Crippen LogP contribution in [0.15, 0.2) is 30.5 Å². The highest BCUT2D eigenvalue weighted by Crippen LogP contribution is 2.09. The van der Waals surface area contributed by atoms with E-state index in [1.54, 1.807) is 23.0 Å². The van der Waals surface area contributed by atoms with Crippen molar-refractivity contribution in [3.05, 3.63) is 42.0 Å². The lowest BCUT2D eigenvalue weighted by Crippen LogP contribution is -2.14. The number of rotatable bonds is 6. The molecule has 0 bridgehead atoms. The van der Waals surface area contributed by atoms with Gasteiger partial charge < -0.3 is 10.6 Å². The lowest BCUT2D eigenvalue weighted by Gasteiger charge is -2.05. The first-order chi connectivity index (χ1) is 9.67. The highest BCUT2D eigenvalue weighted by atomic mass is 19.1. The Kier molecular flexibility index (Phi) is 4.78. The Morgan fingerprint density at radius 2 is 2.30 bits per heavy atom. The maximum absolute atomic E-state index is 13.0. The molecule has 0 aliphatic heterocycles. The van der Waals surface area contributed by atoms with Crippen LogP contribution in [0.3, 0.4) is 0 Å². The van der Waals surface area contributed by atoms with Crippen LogP contribution in [-0.4, -0.2) is 27.9 Å². The van der Waals surface area contributed by atoms with E-state index in [0.29, 0.717) is 18.8 Å². The van der Waals surface area contributed by atoms with Crippen LogP contribution in [0.4, 0.5) is 10.1 Å². The van der Waals surface area contributed by atoms with E-state index in [-0.39, 0.29) is 18.1 Å². The third-order valence-corrected chi connectivity index (χ3v) is 2.62. The topological polar surface area (TPSA) is 71.8 Å². The third kappa shape index (κ3) is 4.13. The van der Waals surface area contributed by atoms with Gasteiger partial charge in [0.1, 0.15) is 5.82 Å². The van der Waals surface area contributed by atoms with Gasteiger partial charge in [0.05, 0.1) is 12.2 Å². The summed E-state index contributed by atoms with van der Waals surface area (Å²) in [7, 11) is 1.82. The standard InChI is InChI=1S/C13H16FN5O/c1-15-8-12-9-19(18-17-12)6-5-13(20)16-11-4-2-3-10(14)7-11/h2-4,7,9,15H,5-6,8H2,1H3,(H,16,20). The predicted octanol–water partition coefficient (Wildman–Crippen LogP) is 1.17. The van der Waals surface area contributed by atoms with Crippen molar-refractivity contribution in [1.82, 2.24) is 20.3 Å². The number of hydrogen-bond acceptors (Lipinski definition) is 4. The molecule has 106 valence electrons. The largest absolute Gasteiger partial charge is 0.326 e. The molecule has 0 saturated heterocycles. The fourth-order valence-electron chi connectivity index (χ4n) is 1.72. The number of hydrogen-bond donors (Lipinski definition) is 2. The second-order valence-electron chi connectivity index (χ2n) is 4.31. The molecule has 0 atom stereocenters. The molecule has 0 radical (unpaired) electrons. The van der Waals surface area contributed by atoms with Crippen LogP contribution in [0.25, 0.3) is 0 Å². The highest BCUT2D eigenvalue weighted by Gasteiger charge is 2.05. The summed E-state index contributed by atoms with van der Waals surface area (Å²) < 4.78 is 14.6. The number of amides is 1. The van der Waals surface area contributed by atoms with Crippen LogP contribution in [-0.2, 0) is 17.9 Å². The molecule has 1 heterocycles. The number of carbonyl (C=O) groups excluding carboxylic acids is 1. The molecule has 2 rings (SSSR count). The number of halogens is 1. The smallest absolute Gasteiger partial charge is 0.226 e. The van der Waals surface area contributed by atoms with E-state index in [1.807, 2.05) is 7.05 Å². The molecular formula is C13H16FN5O. The normalized spacial score (nSPS) is 10.5. The molecule has 0 fully saturated rings. The Bertz CT molecular complexity index is 584. The second kappa shape index (κ2) is 6.76. The Morgan fingerprint density at radius 1 is 1.45 bits per heavy atom. The number of aromatic nitrogens is 3. The number of nitrogens with one attached hydrogen (secondary N) is 2. The lowest BCUT2D eigenvalue weighted by atomic mass is 10.3. The zero-order valence-corrected chi connectivity index (χ0v) is 11.1. The molecule has 0 spiro atoms. The summed E-state index contributed by atoms with van der Waals surface area (Å²) in [6.07, 6.45) is 2.03. The number of carbonyl (C=O) groups is 1. The summed E-state index contributed by atoms with van der Waals surface area (Å²) in [6, 6.07) is 5.79. The first-order valence-electron chi connectivity index (χ1n) is 6.26. The van der Waals surface area contributed by atoms with Crippen LogP contribution >= 0.6 is 0 Å². The molecule has 0 unspecified atom stereocenters. The average molecular weight is 277 g/mol. The van der Waals surface area contributed by atoms with Crippen molar-refractivity contribution in [3.63, 3.8) is 0 Å². The van der Waals surface area contributed by atoms with Crippen LogP contribution in [0.5, 0.6) is 0 Å². The van der Waals surface area contributed by atoms with Gasteiger partial charge in [0.15, 0.2) is 0 Å². The minimum atomic E-state index is -0.379. The van der Waals surface area contributed by atoms with Gasteiger partial charge in [-0.15, -0.1) is 5.10 Å². The highest BCUT2D eigenvalue weighted by molar-refractivity contribution is 5.90. The van der Waals surface area contributed by atoms with Gasteiger partial charge in [-0.1, -0.05) is 11.3 Å². The van der Waals surface area contributed by atoms with Gasteiger partial charge in [-0.25, -0.2) is 4.39 Å². The average Bonchev–Trinajstić information content (AvgIpc) is 2.85. The van der Waals surface area contributed by atoms with Gasteiger partial charge in [-0.3, -0.25) is 9.48 Å². The van der Waals surface area contributed by atoms with Gasteiger partial charge >= 0.3 is 0 Å². The summed E-state index contributed by atoms with van der Waals surface area (Å²) in [5, 5.41) is 13.5. The molecule has 0 aliphatic carbocycles. The van der Waals surface area contributed by atoms with Gasteiger partial charge in [0, 0.05) is 24.8 Å². The Balaban J connectivity index is 1.82. The van der Waals surface area contributed by atoms with Crippen LogP contribution < -0.4 is 10.6 Å². The van der Waals surface area contributed by atoms with Gasteiger partial charge in [0.25, 0.3) is 0 Å². The fraction of sp³-hybridized carbons (Fsp3) is 0.308. The van der Waals surface area contributed by atoms with E-state index >= 15 is 0 Å². The fourth-order valence-corrected chi connectivity index (χ4v) is 1.72. The van der Waals surface area contributed by atoms with Crippen LogP contribution in [0.2, 0.25) is 0 Å². The minimum absolute atomic E-state index is 0.193. The van der Waals surface area contributed by atoms with Crippen molar-refractivity contribution in [2.75, 3.05) is 12.4 Å². The maximum Gasteiger partial charge on any atom is 0.226 e. The van der Waals surface area contributed by atoms with Gasteiger partial charge in [0.2, 0.25) is 5.91 Å². The second-order valence-corrected chi connectivity index (χ2v) is 4.31. The first-order valence-corrected chi connectivity index (χ1v) is 6.26. The summed E-state index contributed by atoms with van der Waals surface area (Å²) in [4.78, 5) is 11.7. The Hall–Kier alpha value is -2.28. The van der Waals surface area contributed by atoms with E-state index in [2.05, 4.69) is 20.9 Å². The lowest BCUT2D eigenvalue weighted by molar-refractivity contribution is -0.116. The van der Waals surface area contributed by atoms with Crippen molar-refractivity contribution in [3.8, 4) is 0 Å². The Morgan fingerprint density at radius 3 is 3.05 bits per heavy atom. The van der Waals surface area contributed by atoms with Crippen molar-refractivity contribution in [2.24, 2.45) is 0 Å². The molecular weight excluding hydrogens is 261 g/mol. The van der Waals surface area contributed by atoms with Crippen molar-refractivity contribution >= 4 is 11.6 Å². The molecule has 2 aromatic rings. The summed E-state index contributed by atoms with van der Waals surface area (Å²) in [5.74, 6) is -0.572. The molecule has 1 aromatic heterocycles. The number of anilines is 1. The molecule has 2 N–H and O–H groups in total. The molecule has 1 amide bonds. The molecule has 0 saturated carbocycles. The zero-order chi connectivity index (χ0) is 14.4. The monoisotopic (exact) mass is 277 g/mol. The van der Waals surface area contributed by atoms with Crippen LogP contribution in [0, 0.1) is 5.82 Å². The Labute approximate surface area is 116 Å². The number of benzene rings is 1. The molecule has 20 heavy (non-hydrogen) atoms. The van der Waals surface area contributed by atoms with E-state index in [1.165, 1.54) is 12.1 Å². The summed E-state index contributed by atoms with van der Waals surface area (Å²) in [5.41, 5.74) is 1.27. The van der Waals surface area contributed by atoms with E-state index < -0.39 is 0 Å². The predicted molar refractivity (Wildman–Crippen MR) is 72.4 cm³/mol. The quantitative estimate of drug-likeness (QED) is 0.831. The van der Waals surface area contributed by atoms with Crippen molar-refractivity contribution in [1.29, 1.82) is 0 Å². The minimum Gasteiger partial charge on any atom is -0.326 e. The number of nitrogens with zero attached hydrogens (tertiary/aromatic N) is 3. The molecule has 7 heteroatoms. The number of aryl methyl sites for hydroxylation is 1. The van der Waals surface area contributed by atoms with E-state index in [0.717, 1.165) is 5.69 Å². The molecule has 6 nitrogen and oxygen atoms in total. The zero-order valence-electron chi connectivity index (χ0n) is 11.1. The molecule has 1 aromatic carbocycles. The van der Waals surface area contributed by atoms with E-state index in [9.17, 15) is 9.18 Å². The van der Waals surface area contributed by atoms with E-state index in [4.69, 9.17) is 0 Å². The summed E-state index contributed by atoms with van der Waals surface area (Å²) >= 11 is 0. The van der Waals surface area contributed by atoms with Gasteiger partial charge in [-0.05, 0) is 25.2 Å². The van der Waals surface area contributed by atoms with Gasteiger partial charge in [-0.2, -0.15) is 0 Å². The van der Waals surface area contributed by atoms with Crippen molar-refractivity contribution < 1.29 is 9.18 Å². The van der Waals surface area contributed by atoms with Crippen LogP contribution in [0.1, 0.15) is 12.1 Å². The van der Waals surface area contributed by atoms with Crippen molar-refractivity contribution in [2.45, 2.75) is 19.5 Å². The summed E-state index contributed by atoms with van der Waals surface area (Å²) in [6.45, 7) is 1.06. The third-order valence-electron chi connectivity index (χ3n) is 2.62. The SMILES string of the molecule is CNCc1cn(CCC(=O)Nc2cccc(F)c2)nn1.